The zero-order valence-corrected chi connectivity index (χ0v) is 26.0. The van der Waals surface area contributed by atoms with Gasteiger partial charge in [0, 0.05) is 41.0 Å². The number of aryl methyl sites for hydroxylation is 1. The molecule has 3 amide bonds. The highest BCUT2D eigenvalue weighted by Crippen LogP contribution is 2.35. The zero-order valence-electron chi connectivity index (χ0n) is 26.0. The number of carboxylic acid groups (broad SMARTS) is 1. The number of benzene rings is 3. The van der Waals surface area contributed by atoms with E-state index in [2.05, 4.69) is 20.9 Å². The third-order valence-electron chi connectivity index (χ3n) is 8.02. The maximum Gasteiger partial charge on any atom is 0.328 e. The van der Waals surface area contributed by atoms with Gasteiger partial charge in [-0.15, -0.1) is 0 Å². The maximum absolute atomic E-state index is 13.3. The summed E-state index contributed by atoms with van der Waals surface area (Å²) in [4.78, 5) is 67.3. The van der Waals surface area contributed by atoms with Crippen molar-refractivity contribution in [3.05, 3.63) is 124 Å². The lowest BCUT2D eigenvalue weighted by atomic mass is 10.0. The van der Waals surface area contributed by atoms with E-state index in [4.69, 9.17) is 4.74 Å². The van der Waals surface area contributed by atoms with E-state index in [9.17, 15) is 29.1 Å². The molecule has 47 heavy (non-hydrogen) atoms. The van der Waals surface area contributed by atoms with Crippen LogP contribution in [0.5, 0.6) is 0 Å². The molecule has 0 aliphatic carbocycles. The topological polar surface area (TPSA) is 167 Å². The lowest BCUT2D eigenvalue weighted by molar-refractivity contribution is -0.143. The largest absolute Gasteiger partial charge is 0.480 e. The second-order valence-corrected chi connectivity index (χ2v) is 11.2. The summed E-state index contributed by atoms with van der Waals surface area (Å²) in [5.41, 5.74) is 4.82. The van der Waals surface area contributed by atoms with Gasteiger partial charge in [0.15, 0.2) is 0 Å². The van der Waals surface area contributed by atoms with Gasteiger partial charge in [-0.2, -0.15) is 0 Å². The zero-order chi connectivity index (χ0) is 33.7. The number of aliphatic carboxylic acids is 1. The quantitative estimate of drug-likeness (QED) is 0.123. The molecule has 0 saturated carbocycles. The Morgan fingerprint density at radius 3 is 2.04 bits per heavy atom. The van der Waals surface area contributed by atoms with Gasteiger partial charge in [-0.25, -0.2) is 9.59 Å². The molecule has 2 atom stereocenters. The van der Waals surface area contributed by atoms with E-state index in [0.717, 1.165) is 11.1 Å². The Morgan fingerprint density at radius 1 is 0.851 bits per heavy atom. The summed E-state index contributed by atoms with van der Waals surface area (Å²) >= 11 is 0. The molecule has 0 saturated heterocycles. The number of hydrogen-bond donors (Lipinski definition) is 5. The standard InChI is InChI=1S/C36H34N4O7/c1-20-28(37-21(2)31(20)34(43)39-29(35(44)45)16-22-10-6-4-7-11-22)19-26-25-18-24(14-15-27(25)38-33(26)42)32(41)40-30(36(46)47-3)17-23-12-8-5-9-13-23/h4-15,18-19,29-30,37H,16-17H2,1-3H3,(H,38,42)(H,39,43)(H,40,41)(H,44,45)/b26-19-/t29-,30+/m1/s1. The second kappa shape index (κ2) is 14.0. The second-order valence-electron chi connectivity index (χ2n) is 11.2. The van der Waals surface area contributed by atoms with Gasteiger partial charge >= 0.3 is 11.9 Å². The number of carbonyl (C=O) groups is 5. The van der Waals surface area contributed by atoms with Gasteiger partial charge < -0.3 is 30.8 Å². The SMILES string of the molecule is COC(=O)[C@H](Cc1ccccc1)NC(=O)c1ccc2c(c1)/C(=C/c1[nH]c(C)c(C(=O)N[C@H](Cc3ccccc3)C(=O)O)c1C)C(=O)N2. The Labute approximate surface area is 271 Å². The predicted molar refractivity (Wildman–Crippen MR) is 176 cm³/mol. The summed E-state index contributed by atoms with van der Waals surface area (Å²) in [6.07, 6.45) is 1.93. The van der Waals surface area contributed by atoms with Crippen LogP contribution in [0.15, 0.2) is 78.9 Å². The fourth-order valence-corrected chi connectivity index (χ4v) is 5.58. The van der Waals surface area contributed by atoms with E-state index < -0.39 is 41.7 Å². The summed E-state index contributed by atoms with van der Waals surface area (Å²) in [5.74, 6) is -3.23. The van der Waals surface area contributed by atoms with Gasteiger partial charge in [0.2, 0.25) is 0 Å². The van der Waals surface area contributed by atoms with E-state index in [1.807, 2.05) is 36.4 Å². The molecule has 0 radical (unpaired) electrons. The van der Waals surface area contributed by atoms with Crippen molar-refractivity contribution in [1.29, 1.82) is 0 Å². The van der Waals surface area contributed by atoms with Crippen LogP contribution in [-0.2, 0) is 32.0 Å². The average molecular weight is 635 g/mol. The van der Waals surface area contributed by atoms with Crippen LogP contribution in [0.2, 0.25) is 0 Å². The third kappa shape index (κ3) is 7.30. The molecule has 1 aliphatic rings. The van der Waals surface area contributed by atoms with Crippen LogP contribution in [0, 0.1) is 13.8 Å². The van der Waals surface area contributed by atoms with Crippen LogP contribution in [-0.4, -0.2) is 58.9 Å². The Morgan fingerprint density at radius 2 is 1.45 bits per heavy atom. The van der Waals surface area contributed by atoms with Crippen LogP contribution in [0.4, 0.5) is 5.69 Å². The smallest absolute Gasteiger partial charge is 0.328 e. The molecule has 1 aliphatic heterocycles. The van der Waals surface area contributed by atoms with Gasteiger partial charge in [-0.1, -0.05) is 60.7 Å². The first kappa shape index (κ1) is 32.4. The Balaban J connectivity index is 1.38. The molecule has 0 spiro atoms. The van der Waals surface area contributed by atoms with Crippen molar-refractivity contribution in [2.45, 2.75) is 38.8 Å². The number of fused-ring (bicyclic) bond motifs is 1. The number of rotatable bonds is 11. The molecule has 1 aromatic heterocycles. The van der Waals surface area contributed by atoms with Gasteiger partial charge in [0.05, 0.1) is 18.2 Å². The molecule has 11 nitrogen and oxygen atoms in total. The van der Waals surface area contributed by atoms with Gasteiger partial charge in [0.1, 0.15) is 12.1 Å². The fourth-order valence-electron chi connectivity index (χ4n) is 5.58. The number of aromatic nitrogens is 1. The number of esters is 1. The van der Waals surface area contributed by atoms with Crippen LogP contribution in [0.1, 0.15) is 54.4 Å². The van der Waals surface area contributed by atoms with Crippen molar-refractivity contribution in [2.75, 3.05) is 12.4 Å². The van der Waals surface area contributed by atoms with E-state index in [-0.39, 0.29) is 29.5 Å². The number of aromatic amines is 1. The first-order valence-electron chi connectivity index (χ1n) is 14.9. The summed E-state index contributed by atoms with van der Waals surface area (Å²) in [6, 6.07) is 20.9. The monoisotopic (exact) mass is 634 g/mol. The molecule has 240 valence electrons. The number of ether oxygens (including phenoxy) is 1. The Kier molecular flexibility index (Phi) is 9.65. The van der Waals surface area contributed by atoms with Crippen molar-refractivity contribution < 1.29 is 33.8 Å². The number of anilines is 1. The summed E-state index contributed by atoms with van der Waals surface area (Å²) in [6.45, 7) is 3.39. The number of hydrogen-bond acceptors (Lipinski definition) is 6. The molecule has 5 N–H and O–H groups in total. The molecule has 3 aromatic carbocycles. The van der Waals surface area contributed by atoms with E-state index in [0.29, 0.717) is 28.2 Å². The predicted octanol–water partition coefficient (Wildman–Crippen LogP) is 4.06. The van der Waals surface area contributed by atoms with Gasteiger partial charge in [-0.05, 0) is 54.8 Å². The highest BCUT2D eigenvalue weighted by Gasteiger charge is 2.29. The number of amides is 3. The maximum atomic E-state index is 13.3. The van der Waals surface area contributed by atoms with Crippen molar-refractivity contribution in [1.82, 2.24) is 15.6 Å². The summed E-state index contributed by atoms with van der Waals surface area (Å²) in [5, 5.41) is 17.9. The minimum Gasteiger partial charge on any atom is -0.480 e. The minimum atomic E-state index is -1.16. The molecule has 0 unspecified atom stereocenters. The lowest BCUT2D eigenvalue weighted by Crippen LogP contribution is -2.43. The van der Waals surface area contributed by atoms with Gasteiger partial charge in [-0.3, -0.25) is 14.4 Å². The van der Waals surface area contributed by atoms with Crippen LogP contribution < -0.4 is 16.0 Å². The molecular formula is C36H34N4O7. The molecule has 5 rings (SSSR count). The van der Waals surface area contributed by atoms with Gasteiger partial charge in [0.25, 0.3) is 17.7 Å². The molecule has 11 heteroatoms. The lowest BCUT2D eigenvalue weighted by Gasteiger charge is -2.17. The molecular weight excluding hydrogens is 600 g/mol. The fraction of sp³-hybridized carbons (Fsp3) is 0.194. The highest BCUT2D eigenvalue weighted by atomic mass is 16.5. The van der Waals surface area contributed by atoms with Crippen molar-refractivity contribution in [3.8, 4) is 0 Å². The number of nitrogens with one attached hydrogen (secondary N) is 4. The first-order valence-corrected chi connectivity index (χ1v) is 14.9. The number of H-pyrrole nitrogens is 1. The van der Waals surface area contributed by atoms with E-state index in [1.54, 1.807) is 62.4 Å². The van der Waals surface area contributed by atoms with E-state index >= 15 is 0 Å². The number of carboxylic acids is 1. The third-order valence-corrected chi connectivity index (χ3v) is 8.02. The summed E-state index contributed by atoms with van der Waals surface area (Å²) < 4.78 is 4.91. The summed E-state index contributed by atoms with van der Waals surface area (Å²) in [7, 11) is 1.25. The normalized spacial score (nSPS) is 14.1. The van der Waals surface area contributed by atoms with Crippen LogP contribution in [0.25, 0.3) is 11.6 Å². The molecule has 0 fully saturated rings. The van der Waals surface area contributed by atoms with Crippen molar-refractivity contribution in [2.24, 2.45) is 0 Å². The molecule has 0 bridgehead atoms. The molecule has 2 heterocycles. The van der Waals surface area contributed by atoms with Crippen LogP contribution in [0.3, 0.4) is 0 Å². The number of methoxy groups -OCH3 is 1. The molecule has 4 aromatic rings. The average Bonchev–Trinajstić information content (AvgIpc) is 3.53. The Bertz CT molecular complexity index is 1880. The van der Waals surface area contributed by atoms with Crippen molar-refractivity contribution in [3.63, 3.8) is 0 Å². The highest BCUT2D eigenvalue weighted by molar-refractivity contribution is 6.35. The van der Waals surface area contributed by atoms with Crippen molar-refractivity contribution >= 4 is 47.0 Å². The first-order chi connectivity index (χ1) is 22.5. The Hall–Kier alpha value is -5.97. The number of carbonyl (C=O) groups excluding carboxylic acids is 4. The minimum absolute atomic E-state index is 0.112. The van der Waals surface area contributed by atoms with E-state index in [1.165, 1.54) is 7.11 Å². The van der Waals surface area contributed by atoms with Crippen LogP contribution >= 0.6 is 0 Å².